The molecule has 0 aromatic heterocycles. The van der Waals surface area contributed by atoms with Gasteiger partial charge in [0.05, 0.1) is 0 Å². The van der Waals surface area contributed by atoms with Crippen molar-refractivity contribution < 1.29 is 0 Å². The molecule has 0 nitrogen and oxygen atoms in total. The summed E-state index contributed by atoms with van der Waals surface area (Å²) in [6.45, 7) is 2.16. The maximum Gasteiger partial charge on any atom is -0.00917 e. The van der Waals surface area contributed by atoms with Gasteiger partial charge in [-0.05, 0) is 30.1 Å². The first kappa shape index (κ1) is 10.7. The van der Waals surface area contributed by atoms with E-state index >= 15 is 0 Å². The van der Waals surface area contributed by atoms with Gasteiger partial charge in [0.2, 0.25) is 0 Å². The van der Waals surface area contributed by atoms with Crippen LogP contribution in [0.15, 0.2) is 71.9 Å². The lowest BCUT2D eigenvalue weighted by atomic mass is 10.0. The summed E-state index contributed by atoms with van der Waals surface area (Å²) < 4.78 is 0. The van der Waals surface area contributed by atoms with E-state index in [0.717, 1.165) is 6.42 Å². The van der Waals surface area contributed by atoms with Gasteiger partial charge < -0.3 is 0 Å². The zero-order chi connectivity index (χ0) is 11.2. The zero-order valence-corrected chi connectivity index (χ0v) is 9.56. The Morgan fingerprint density at radius 2 is 1.94 bits per heavy atom. The summed E-state index contributed by atoms with van der Waals surface area (Å²) in [4.78, 5) is 0. The first-order chi connectivity index (χ1) is 7.86. The van der Waals surface area contributed by atoms with E-state index in [1.54, 1.807) is 0 Å². The predicted octanol–water partition coefficient (Wildman–Crippen LogP) is 4.53. The first-order valence-corrected chi connectivity index (χ1v) is 5.62. The van der Waals surface area contributed by atoms with Crippen LogP contribution in [0, 0.1) is 0 Å². The van der Waals surface area contributed by atoms with Crippen molar-refractivity contribution >= 4 is 6.08 Å². The van der Waals surface area contributed by atoms with Crippen LogP contribution in [0.3, 0.4) is 0 Å². The van der Waals surface area contributed by atoms with Crippen molar-refractivity contribution in [2.24, 2.45) is 0 Å². The van der Waals surface area contributed by atoms with Gasteiger partial charge in [0.15, 0.2) is 0 Å². The zero-order valence-electron chi connectivity index (χ0n) is 9.56. The molecule has 0 bridgehead atoms. The molecule has 16 heavy (non-hydrogen) atoms. The highest BCUT2D eigenvalue weighted by molar-refractivity contribution is 5.54. The molecule has 0 aliphatic heterocycles. The Hall–Kier alpha value is -1.82. The van der Waals surface area contributed by atoms with Crippen LogP contribution in [-0.2, 0) is 0 Å². The van der Waals surface area contributed by atoms with Crippen LogP contribution in [0.25, 0.3) is 6.08 Å². The number of benzene rings is 1. The molecule has 0 heteroatoms. The molecule has 0 saturated heterocycles. The number of rotatable bonds is 2. The first-order valence-electron chi connectivity index (χ1n) is 5.62. The van der Waals surface area contributed by atoms with E-state index in [-0.39, 0.29) is 0 Å². The molecule has 2 rings (SSSR count). The highest BCUT2D eigenvalue weighted by atomic mass is 14.0. The molecule has 0 N–H and O–H groups in total. The van der Waals surface area contributed by atoms with E-state index in [2.05, 4.69) is 67.6 Å². The molecule has 0 spiro atoms. The Kier molecular flexibility index (Phi) is 3.55. The lowest BCUT2D eigenvalue weighted by Crippen LogP contribution is -1.84. The molecular formula is C16H16. The molecule has 1 aliphatic rings. The van der Waals surface area contributed by atoms with Crippen LogP contribution < -0.4 is 0 Å². The fourth-order valence-electron chi connectivity index (χ4n) is 1.70. The van der Waals surface area contributed by atoms with Crippen molar-refractivity contribution in [1.82, 2.24) is 0 Å². The van der Waals surface area contributed by atoms with Gasteiger partial charge in [0, 0.05) is 0 Å². The second-order valence-corrected chi connectivity index (χ2v) is 3.94. The van der Waals surface area contributed by atoms with E-state index in [1.807, 2.05) is 6.07 Å². The van der Waals surface area contributed by atoms with Gasteiger partial charge in [0.25, 0.3) is 0 Å². The third-order valence-corrected chi connectivity index (χ3v) is 2.71. The van der Waals surface area contributed by atoms with Crippen molar-refractivity contribution in [3.8, 4) is 0 Å². The van der Waals surface area contributed by atoms with Crippen LogP contribution >= 0.6 is 0 Å². The Labute approximate surface area is 97.3 Å². The molecule has 80 valence electrons. The van der Waals surface area contributed by atoms with E-state index in [1.165, 1.54) is 16.7 Å². The monoisotopic (exact) mass is 208 g/mol. The fourth-order valence-corrected chi connectivity index (χ4v) is 1.70. The second kappa shape index (κ2) is 5.32. The third-order valence-electron chi connectivity index (χ3n) is 2.71. The lowest BCUT2D eigenvalue weighted by molar-refractivity contribution is 1.21. The molecule has 0 amide bonds. The standard InChI is InChI=1S/C16H16/c1-14(16-10-6-3-7-11-16)12-13-15-8-4-2-5-9-15/h2-10,12-13H,11H2,1H3/b13-12?,16-14-. The smallest absolute Gasteiger partial charge is 0.00917 e. The Bertz CT molecular complexity index is 456. The average molecular weight is 208 g/mol. The lowest BCUT2D eigenvalue weighted by Gasteiger charge is -2.04. The van der Waals surface area contributed by atoms with E-state index in [9.17, 15) is 0 Å². The van der Waals surface area contributed by atoms with Gasteiger partial charge in [-0.25, -0.2) is 0 Å². The minimum absolute atomic E-state index is 1.04. The second-order valence-electron chi connectivity index (χ2n) is 3.94. The molecule has 1 aliphatic carbocycles. The summed E-state index contributed by atoms with van der Waals surface area (Å²) in [6, 6.07) is 10.4. The summed E-state index contributed by atoms with van der Waals surface area (Å²) in [5, 5.41) is 0. The van der Waals surface area contributed by atoms with Gasteiger partial charge in [-0.2, -0.15) is 0 Å². The van der Waals surface area contributed by atoms with Crippen LogP contribution in [-0.4, -0.2) is 0 Å². The molecule has 0 saturated carbocycles. The number of hydrogen-bond donors (Lipinski definition) is 0. The minimum Gasteiger partial charge on any atom is -0.0801 e. The summed E-state index contributed by atoms with van der Waals surface area (Å²) in [6.07, 6.45) is 14.0. The molecule has 1 aromatic rings. The van der Waals surface area contributed by atoms with Crippen molar-refractivity contribution in [3.05, 3.63) is 77.4 Å². The van der Waals surface area contributed by atoms with Crippen LogP contribution in [0.2, 0.25) is 0 Å². The molecule has 0 heterocycles. The van der Waals surface area contributed by atoms with E-state index in [4.69, 9.17) is 0 Å². The van der Waals surface area contributed by atoms with Crippen LogP contribution in [0.5, 0.6) is 0 Å². The highest BCUT2D eigenvalue weighted by Gasteiger charge is 1.96. The van der Waals surface area contributed by atoms with E-state index < -0.39 is 0 Å². The van der Waals surface area contributed by atoms with Crippen LogP contribution in [0.4, 0.5) is 0 Å². The topological polar surface area (TPSA) is 0 Å². The van der Waals surface area contributed by atoms with Gasteiger partial charge in [-0.15, -0.1) is 0 Å². The van der Waals surface area contributed by atoms with Crippen molar-refractivity contribution in [1.29, 1.82) is 0 Å². The highest BCUT2D eigenvalue weighted by Crippen LogP contribution is 2.16. The molecule has 1 aromatic carbocycles. The average Bonchev–Trinajstić information content (AvgIpc) is 2.38. The van der Waals surface area contributed by atoms with E-state index in [0.29, 0.717) is 0 Å². The number of allylic oxidation sites excluding steroid dienone is 7. The normalized spacial score (nSPS) is 18.1. The third kappa shape index (κ3) is 2.83. The molecule has 0 radical (unpaired) electrons. The maximum atomic E-state index is 2.19. The predicted molar refractivity (Wildman–Crippen MR) is 71.1 cm³/mol. The summed E-state index contributed by atoms with van der Waals surface area (Å²) >= 11 is 0. The van der Waals surface area contributed by atoms with Gasteiger partial charge in [-0.1, -0.05) is 66.8 Å². The summed E-state index contributed by atoms with van der Waals surface area (Å²) in [5.74, 6) is 0. The quantitative estimate of drug-likeness (QED) is 0.669. The maximum absolute atomic E-state index is 2.19. The van der Waals surface area contributed by atoms with Crippen LogP contribution in [0.1, 0.15) is 18.9 Å². The Morgan fingerprint density at radius 1 is 1.12 bits per heavy atom. The summed E-state index contributed by atoms with van der Waals surface area (Å²) in [7, 11) is 0. The van der Waals surface area contributed by atoms with Crippen molar-refractivity contribution in [2.45, 2.75) is 13.3 Å². The molecule has 0 fully saturated rings. The molecule has 0 unspecified atom stereocenters. The van der Waals surface area contributed by atoms with Gasteiger partial charge in [-0.3, -0.25) is 0 Å². The van der Waals surface area contributed by atoms with Crippen molar-refractivity contribution in [2.75, 3.05) is 0 Å². The van der Waals surface area contributed by atoms with Gasteiger partial charge >= 0.3 is 0 Å². The van der Waals surface area contributed by atoms with Crippen molar-refractivity contribution in [3.63, 3.8) is 0 Å². The SMILES string of the molecule is C/C(C=Cc1ccccc1)=C1\C=CC=CC1. The number of hydrogen-bond acceptors (Lipinski definition) is 0. The minimum atomic E-state index is 1.04. The molecule has 0 atom stereocenters. The summed E-state index contributed by atoms with van der Waals surface area (Å²) in [5.41, 5.74) is 3.98. The molecular weight excluding hydrogens is 192 g/mol. The van der Waals surface area contributed by atoms with Gasteiger partial charge in [0.1, 0.15) is 0 Å². The Morgan fingerprint density at radius 3 is 2.62 bits per heavy atom. The largest absolute Gasteiger partial charge is 0.0801 e. The fraction of sp³-hybridized carbons (Fsp3) is 0.125. The Balaban J connectivity index is 2.13.